The first kappa shape index (κ1) is 21.1. The molecule has 2 heterocycles. The van der Waals surface area contributed by atoms with Gasteiger partial charge in [-0.1, -0.05) is 0 Å². The lowest BCUT2D eigenvalue weighted by atomic mass is 10.2. The zero-order chi connectivity index (χ0) is 18.4. The predicted octanol–water partition coefficient (Wildman–Crippen LogP) is 0.419. The summed E-state index contributed by atoms with van der Waals surface area (Å²) in [7, 11) is -5.37. The first-order valence-corrected chi connectivity index (χ1v) is 11.0. The Morgan fingerprint density at radius 3 is 2.19 bits per heavy atom. The molecule has 2 aliphatic heterocycles. The fourth-order valence-corrected chi connectivity index (χ4v) is 6.17. The van der Waals surface area contributed by atoms with Crippen LogP contribution in [0.15, 0.2) is 23.1 Å². The number of amides is 1. The number of hydrogen-bond acceptors (Lipinski definition) is 6. The minimum absolute atomic E-state index is 0. The molecular weight excluding hydrogens is 402 g/mol. The molecule has 0 atom stereocenters. The van der Waals surface area contributed by atoms with E-state index in [0.29, 0.717) is 31.7 Å². The van der Waals surface area contributed by atoms with E-state index >= 15 is 0 Å². The Morgan fingerprint density at radius 1 is 1.08 bits per heavy atom. The van der Waals surface area contributed by atoms with Gasteiger partial charge in [0.05, 0.1) is 16.3 Å². The van der Waals surface area contributed by atoms with E-state index in [4.69, 9.17) is 0 Å². The summed E-state index contributed by atoms with van der Waals surface area (Å²) >= 11 is 0. The second-order valence-electron chi connectivity index (χ2n) is 6.38. The standard InChI is InChI=1S/C15H21N3O5S2.ClH/c1-12-11-13(18-15(19)5-10-24(18,20)21)3-4-14(12)25(22,23)17-8-6-16(2)7-9-17;/h3-4,11H,5-10H2,1-2H3;1H. The number of carbonyl (C=O) groups excluding carboxylic acids is 1. The molecule has 11 heteroatoms. The predicted molar refractivity (Wildman–Crippen MR) is 101 cm³/mol. The first-order valence-electron chi connectivity index (χ1n) is 7.98. The Labute approximate surface area is 160 Å². The molecule has 0 spiro atoms. The van der Waals surface area contributed by atoms with Crippen molar-refractivity contribution in [2.45, 2.75) is 18.2 Å². The van der Waals surface area contributed by atoms with Crippen LogP contribution in [0.1, 0.15) is 12.0 Å². The molecule has 2 fully saturated rings. The van der Waals surface area contributed by atoms with Gasteiger partial charge in [-0.05, 0) is 37.7 Å². The van der Waals surface area contributed by atoms with E-state index in [1.165, 1.54) is 22.5 Å². The number of anilines is 1. The summed E-state index contributed by atoms with van der Waals surface area (Å²) in [6, 6.07) is 4.22. The third-order valence-electron chi connectivity index (χ3n) is 4.55. The largest absolute Gasteiger partial charge is 0.304 e. The Balaban J connectivity index is 0.00000243. The zero-order valence-corrected chi connectivity index (χ0v) is 17.0. The van der Waals surface area contributed by atoms with Crippen molar-refractivity contribution in [3.63, 3.8) is 0 Å². The minimum atomic E-state index is -3.66. The summed E-state index contributed by atoms with van der Waals surface area (Å²) in [5.74, 6) is -0.708. The lowest BCUT2D eigenvalue weighted by Gasteiger charge is -2.32. The highest BCUT2D eigenvalue weighted by molar-refractivity contribution is 7.94. The Morgan fingerprint density at radius 2 is 1.69 bits per heavy atom. The van der Waals surface area contributed by atoms with E-state index < -0.39 is 26.0 Å². The maximum absolute atomic E-state index is 12.8. The van der Waals surface area contributed by atoms with Gasteiger partial charge in [0.2, 0.25) is 26.0 Å². The Hall–Kier alpha value is -1.20. The van der Waals surface area contributed by atoms with Crippen molar-refractivity contribution in [1.29, 1.82) is 0 Å². The molecule has 26 heavy (non-hydrogen) atoms. The van der Waals surface area contributed by atoms with E-state index in [0.717, 1.165) is 4.31 Å². The van der Waals surface area contributed by atoms with Gasteiger partial charge in [0.15, 0.2) is 0 Å². The number of benzene rings is 1. The summed E-state index contributed by atoms with van der Waals surface area (Å²) < 4.78 is 51.9. The molecule has 1 amide bonds. The van der Waals surface area contributed by atoms with Crippen LogP contribution >= 0.6 is 12.4 Å². The van der Waals surface area contributed by atoms with Crippen molar-refractivity contribution in [3.8, 4) is 0 Å². The third-order valence-corrected chi connectivity index (χ3v) is 8.30. The number of sulfonamides is 2. The fourth-order valence-electron chi connectivity index (χ4n) is 3.09. The topological polar surface area (TPSA) is 95.1 Å². The maximum atomic E-state index is 12.8. The number of aryl methyl sites for hydroxylation is 1. The van der Waals surface area contributed by atoms with Gasteiger partial charge < -0.3 is 4.90 Å². The number of piperazine rings is 1. The van der Waals surface area contributed by atoms with Crippen LogP contribution in [0.25, 0.3) is 0 Å². The zero-order valence-electron chi connectivity index (χ0n) is 14.6. The molecule has 2 saturated heterocycles. The lowest BCUT2D eigenvalue weighted by Crippen LogP contribution is -2.47. The molecule has 146 valence electrons. The van der Waals surface area contributed by atoms with Crippen LogP contribution in [-0.2, 0) is 24.8 Å². The molecule has 2 aliphatic rings. The van der Waals surface area contributed by atoms with E-state index in [9.17, 15) is 21.6 Å². The van der Waals surface area contributed by atoms with E-state index in [2.05, 4.69) is 4.90 Å². The highest BCUT2D eigenvalue weighted by atomic mass is 35.5. The monoisotopic (exact) mass is 423 g/mol. The molecule has 0 saturated carbocycles. The van der Waals surface area contributed by atoms with Gasteiger partial charge in [-0.3, -0.25) is 4.79 Å². The van der Waals surface area contributed by atoms with Crippen LogP contribution in [0, 0.1) is 6.92 Å². The van der Waals surface area contributed by atoms with Gasteiger partial charge in [0, 0.05) is 32.6 Å². The summed E-state index contributed by atoms with van der Waals surface area (Å²) in [6.07, 6.45) is -0.0529. The van der Waals surface area contributed by atoms with Crippen molar-refractivity contribution < 1.29 is 21.6 Å². The number of rotatable bonds is 3. The summed E-state index contributed by atoms with van der Waals surface area (Å²) in [6.45, 7) is 3.77. The van der Waals surface area contributed by atoms with Gasteiger partial charge in [-0.25, -0.2) is 21.1 Å². The quantitative estimate of drug-likeness (QED) is 0.699. The Kier molecular flexibility index (Phi) is 6.03. The van der Waals surface area contributed by atoms with Gasteiger partial charge in [0.1, 0.15) is 0 Å². The normalized spacial score (nSPS) is 21.6. The van der Waals surface area contributed by atoms with Crippen molar-refractivity contribution in [2.75, 3.05) is 43.3 Å². The molecule has 0 radical (unpaired) electrons. The van der Waals surface area contributed by atoms with Crippen molar-refractivity contribution in [1.82, 2.24) is 9.21 Å². The summed E-state index contributed by atoms with van der Waals surface area (Å²) in [5.41, 5.74) is 0.614. The van der Waals surface area contributed by atoms with Gasteiger partial charge in [-0.15, -0.1) is 12.4 Å². The SMILES string of the molecule is Cc1cc(N2C(=O)CCS2(=O)=O)ccc1S(=O)(=O)N1CCN(C)CC1.Cl. The van der Waals surface area contributed by atoms with E-state index in [-0.39, 0.29) is 35.2 Å². The third kappa shape index (κ3) is 3.74. The molecule has 0 aromatic heterocycles. The smallest absolute Gasteiger partial charge is 0.243 e. The number of carbonyl (C=O) groups is 1. The van der Waals surface area contributed by atoms with Gasteiger partial charge in [-0.2, -0.15) is 4.31 Å². The first-order chi connectivity index (χ1) is 11.6. The van der Waals surface area contributed by atoms with Crippen LogP contribution in [0.4, 0.5) is 5.69 Å². The van der Waals surface area contributed by atoms with Crippen molar-refractivity contribution in [3.05, 3.63) is 23.8 Å². The second-order valence-corrected chi connectivity index (χ2v) is 10.2. The fraction of sp³-hybridized carbons (Fsp3) is 0.533. The number of likely N-dealkylation sites (N-methyl/N-ethyl adjacent to an activating group) is 1. The van der Waals surface area contributed by atoms with Gasteiger partial charge >= 0.3 is 0 Å². The molecule has 0 N–H and O–H groups in total. The molecule has 0 bridgehead atoms. The minimum Gasteiger partial charge on any atom is -0.304 e. The van der Waals surface area contributed by atoms with Crippen LogP contribution in [0.3, 0.4) is 0 Å². The molecule has 1 aromatic carbocycles. The average Bonchev–Trinajstić information content (AvgIpc) is 2.80. The highest BCUT2D eigenvalue weighted by Gasteiger charge is 2.37. The highest BCUT2D eigenvalue weighted by Crippen LogP contribution is 2.29. The molecule has 1 aromatic rings. The molecule has 8 nitrogen and oxygen atoms in total. The van der Waals surface area contributed by atoms with Crippen LogP contribution in [0.5, 0.6) is 0 Å². The van der Waals surface area contributed by atoms with Crippen molar-refractivity contribution in [2.24, 2.45) is 0 Å². The van der Waals surface area contributed by atoms with Crippen LogP contribution in [0.2, 0.25) is 0 Å². The lowest BCUT2D eigenvalue weighted by molar-refractivity contribution is -0.116. The average molecular weight is 424 g/mol. The number of halogens is 1. The molecule has 0 aliphatic carbocycles. The van der Waals surface area contributed by atoms with Gasteiger partial charge in [0.25, 0.3) is 0 Å². The number of hydrogen-bond donors (Lipinski definition) is 0. The van der Waals surface area contributed by atoms with E-state index in [1.54, 1.807) is 6.92 Å². The maximum Gasteiger partial charge on any atom is 0.243 e. The number of nitrogens with zero attached hydrogens (tertiary/aromatic N) is 3. The van der Waals surface area contributed by atoms with Crippen LogP contribution < -0.4 is 4.31 Å². The molecule has 3 rings (SSSR count). The summed E-state index contributed by atoms with van der Waals surface area (Å²) in [4.78, 5) is 14.1. The Bertz CT molecular complexity index is 909. The summed E-state index contributed by atoms with van der Waals surface area (Å²) in [5, 5.41) is 0. The second kappa shape index (κ2) is 7.43. The molecule has 0 unspecified atom stereocenters. The van der Waals surface area contributed by atoms with Crippen LogP contribution in [-0.4, -0.2) is 70.9 Å². The molecular formula is C15H22ClN3O5S2. The van der Waals surface area contributed by atoms with E-state index in [1.807, 2.05) is 7.05 Å². The van der Waals surface area contributed by atoms with Crippen molar-refractivity contribution >= 4 is 44.0 Å².